The second kappa shape index (κ2) is 4.33. The molecule has 2 heterocycles. The molecule has 1 aliphatic rings. The third-order valence-electron chi connectivity index (χ3n) is 3.11. The Balaban J connectivity index is 1.87. The molecule has 2 rings (SSSR count). The average molecular weight is 209 g/mol. The molecule has 0 aromatic carbocycles. The summed E-state index contributed by atoms with van der Waals surface area (Å²) in [5.74, 6) is 1.52. The van der Waals surface area contributed by atoms with Crippen LogP contribution in [0.1, 0.15) is 24.8 Å². The monoisotopic (exact) mass is 209 g/mol. The largest absolute Gasteiger partial charge is 0.361 e. The van der Waals surface area contributed by atoms with Gasteiger partial charge in [-0.3, -0.25) is 4.90 Å². The van der Waals surface area contributed by atoms with Crippen molar-refractivity contribution in [2.45, 2.75) is 32.9 Å². The van der Waals surface area contributed by atoms with Gasteiger partial charge in [-0.1, -0.05) is 5.16 Å². The van der Waals surface area contributed by atoms with Gasteiger partial charge in [0.05, 0.1) is 5.69 Å². The first-order valence-corrected chi connectivity index (χ1v) is 5.55. The van der Waals surface area contributed by atoms with E-state index in [0.717, 1.165) is 31.1 Å². The Hall–Kier alpha value is -0.870. The van der Waals surface area contributed by atoms with Gasteiger partial charge < -0.3 is 10.3 Å². The Bertz CT molecular complexity index is 321. The summed E-state index contributed by atoms with van der Waals surface area (Å²) in [7, 11) is 0. The molecular weight excluding hydrogens is 190 g/mol. The molecule has 4 heteroatoms. The van der Waals surface area contributed by atoms with Gasteiger partial charge in [-0.2, -0.15) is 0 Å². The van der Waals surface area contributed by atoms with Gasteiger partial charge in [0.25, 0.3) is 0 Å². The van der Waals surface area contributed by atoms with Gasteiger partial charge in [0.2, 0.25) is 0 Å². The van der Waals surface area contributed by atoms with Crippen LogP contribution in [0.2, 0.25) is 0 Å². The normalized spacial score (nSPS) is 24.6. The molecule has 0 spiro atoms. The summed E-state index contributed by atoms with van der Waals surface area (Å²) in [6.45, 7) is 7.11. The third-order valence-corrected chi connectivity index (χ3v) is 3.11. The molecule has 2 atom stereocenters. The van der Waals surface area contributed by atoms with Crippen molar-refractivity contribution in [3.05, 3.63) is 17.5 Å². The van der Waals surface area contributed by atoms with Crippen molar-refractivity contribution < 1.29 is 4.52 Å². The highest BCUT2D eigenvalue weighted by Gasteiger charge is 2.25. The molecule has 1 aromatic heterocycles. The highest BCUT2D eigenvalue weighted by Crippen LogP contribution is 2.20. The minimum absolute atomic E-state index is 0.300. The first-order chi connectivity index (χ1) is 7.15. The van der Waals surface area contributed by atoms with Crippen LogP contribution in [0.25, 0.3) is 0 Å². The molecule has 4 nitrogen and oxygen atoms in total. The van der Waals surface area contributed by atoms with E-state index in [9.17, 15) is 0 Å². The standard InChI is InChI=1S/C11H19N3O/c1-8-5-11(13-15-8)7-14-4-3-10(6-14)9(2)12/h5,9-10H,3-4,6-7,12H2,1-2H3. The molecule has 2 unspecified atom stereocenters. The van der Waals surface area contributed by atoms with Crippen LogP contribution < -0.4 is 5.73 Å². The van der Waals surface area contributed by atoms with E-state index in [1.807, 2.05) is 13.0 Å². The van der Waals surface area contributed by atoms with Crippen LogP contribution in [-0.4, -0.2) is 29.2 Å². The van der Waals surface area contributed by atoms with E-state index in [-0.39, 0.29) is 0 Å². The maximum atomic E-state index is 5.90. The van der Waals surface area contributed by atoms with Crippen molar-refractivity contribution >= 4 is 0 Å². The molecule has 0 aliphatic carbocycles. The summed E-state index contributed by atoms with van der Waals surface area (Å²) in [6.07, 6.45) is 1.20. The Labute approximate surface area is 90.4 Å². The topological polar surface area (TPSA) is 55.3 Å². The quantitative estimate of drug-likeness (QED) is 0.811. The van der Waals surface area contributed by atoms with Crippen LogP contribution >= 0.6 is 0 Å². The van der Waals surface area contributed by atoms with E-state index in [4.69, 9.17) is 10.3 Å². The van der Waals surface area contributed by atoms with Gasteiger partial charge in [-0.25, -0.2) is 0 Å². The molecule has 0 amide bonds. The number of nitrogens with zero attached hydrogens (tertiary/aromatic N) is 2. The zero-order chi connectivity index (χ0) is 10.8. The van der Waals surface area contributed by atoms with E-state index in [1.165, 1.54) is 6.42 Å². The molecule has 15 heavy (non-hydrogen) atoms. The van der Waals surface area contributed by atoms with Crippen molar-refractivity contribution in [3.8, 4) is 0 Å². The Kier molecular flexibility index (Phi) is 3.07. The lowest BCUT2D eigenvalue weighted by molar-refractivity contribution is 0.294. The summed E-state index contributed by atoms with van der Waals surface area (Å²) in [6, 6.07) is 2.30. The minimum atomic E-state index is 0.300. The van der Waals surface area contributed by atoms with Gasteiger partial charge in [0.15, 0.2) is 0 Å². The Morgan fingerprint density at radius 3 is 3.07 bits per heavy atom. The number of hydrogen-bond donors (Lipinski definition) is 1. The molecule has 1 aliphatic heterocycles. The van der Waals surface area contributed by atoms with Gasteiger partial charge in [0, 0.05) is 25.2 Å². The SMILES string of the molecule is Cc1cc(CN2CCC(C(C)N)C2)no1. The second-order valence-corrected chi connectivity index (χ2v) is 4.57. The average Bonchev–Trinajstić information content (AvgIpc) is 2.76. The molecule has 1 aromatic rings. The van der Waals surface area contributed by atoms with Crippen LogP contribution in [0.4, 0.5) is 0 Å². The summed E-state index contributed by atoms with van der Waals surface area (Å²) < 4.78 is 5.05. The first kappa shape index (κ1) is 10.6. The van der Waals surface area contributed by atoms with Gasteiger partial charge in [0.1, 0.15) is 5.76 Å². The fraction of sp³-hybridized carbons (Fsp3) is 0.727. The fourth-order valence-electron chi connectivity index (χ4n) is 2.16. The van der Waals surface area contributed by atoms with Crippen molar-refractivity contribution in [2.24, 2.45) is 11.7 Å². The van der Waals surface area contributed by atoms with Crippen LogP contribution in [-0.2, 0) is 6.54 Å². The number of hydrogen-bond acceptors (Lipinski definition) is 4. The van der Waals surface area contributed by atoms with Crippen molar-refractivity contribution in [1.82, 2.24) is 10.1 Å². The van der Waals surface area contributed by atoms with Crippen LogP contribution in [0.15, 0.2) is 10.6 Å². The molecule has 2 N–H and O–H groups in total. The van der Waals surface area contributed by atoms with E-state index in [2.05, 4.69) is 17.0 Å². The number of likely N-dealkylation sites (tertiary alicyclic amines) is 1. The summed E-state index contributed by atoms with van der Waals surface area (Å²) in [5.41, 5.74) is 6.92. The minimum Gasteiger partial charge on any atom is -0.361 e. The second-order valence-electron chi connectivity index (χ2n) is 4.57. The fourth-order valence-corrected chi connectivity index (χ4v) is 2.16. The van der Waals surface area contributed by atoms with Crippen molar-refractivity contribution in [1.29, 1.82) is 0 Å². The Morgan fingerprint density at radius 2 is 2.53 bits per heavy atom. The third kappa shape index (κ3) is 2.58. The predicted octanol–water partition coefficient (Wildman–Crippen LogP) is 1.15. The molecule has 84 valence electrons. The summed E-state index contributed by atoms with van der Waals surface area (Å²) >= 11 is 0. The van der Waals surface area contributed by atoms with Crippen LogP contribution in [0.3, 0.4) is 0 Å². The predicted molar refractivity (Wildman–Crippen MR) is 58.3 cm³/mol. The smallest absolute Gasteiger partial charge is 0.133 e. The lowest BCUT2D eigenvalue weighted by Gasteiger charge is -2.16. The molecule has 0 saturated carbocycles. The maximum Gasteiger partial charge on any atom is 0.133 e. The molecule has 1 fully saturated rings. The number of aryl methyl sites for hydroxylation is 1. The number of rotatable bonds is 3. The van der Waals surface area contributed by atoms with E-state index in [1.54, 1.807) is 0 Å². The van der Waals surface area contributed by atoms with Crippen LogP contribution in [0.5, 0.6) is 0 Å². The van der Waals surface area contributed by atoms with Gasteiger partial charge >= 0.3 is 0 Å². The summed E-state index contributed by atoms with van der Waals surface area (Å²) in [5, 5.41) is 4.00. The summed E-state index contributed by atoms with van der Waals surface area (Å²) in [4.78, 5) is 2.39. The highest BCUT2D eigenvalue weighted by molar-refractivity contribution is 5.03. The molecular formula is C11H19N3O. The van der Waals surface area contributed by atoms with Crippen molar-refractivity contribution in [2.75, 3.05) is 13.1 Å². The lowest BCUT2D eigenvalue weighted by atomic mass is 10.0. The van der Waals surface area contributed by atoms with E-state index in [0.29, 0.717) is 12.0 Å². The zero-order valence-electron chi connectivity index (χ0n) is 9.44. The van der Waals surface area contributed by atoms with E-state index < -0.39 is 0 Å². The van der Waals surface area contributed by atoms with Gasteiger partial charge in [-0.05, 0) is 32.7 Å². The molecule has 0 radical (unpaired) electrons. The van der Waals surface area contributed by atoms with Gasteiger partial charge in [-0.15, -0.1) is 0 Å². The number of nitrogens with two attached hydrogens (primary N) is 1. The first-order valence-electron chi connectivity index (χ1n) is 5.55. The van der Waals surface area contributed by atoms with E-state index >= 15 is 0 Å². The molecule has 1 saturated heterocycles. The maximum absolute atomic E-state index is 5.90. The molecule has 0 bridgehead atoms. The number of aromatic nitrogens is 1. The lowest BCUT2D eigenvalue weighted by Crippen LogP contribution is -2.29. The Morgan fingerprint density at radius 1 is 1.73 bits per heavy atom. The zero-order valence-corrected chi connectivity index (χ0v) is 9.44. The van der Waals surface area contributed by atoms with Crippen molar-refractivity contribution in [3.63, 3.8) is 0 Å². The highest BCUT2D eigenvalue weighted by atomic mass is 16.5. The van der Waals surface area contributed by atoms with Crippen LogP contribution in [0, 0.1) is 12.8 Å².